The van der Waals surface area contributed by atoms with Crippen molar-refractivity contribution in [3.8, 4) is 5.69 Å². The molecule has 1 aromatic carbocycles. The zero-order valence-electron chi connectivity index (χ0n) is 17.4. The Morgan fingerprint density at radius 2 is 1.94 bits per heavy atom. The summed E-state index contributed by atoms with van der Waals surface area (Å²) in [5.74, 6) is -0.862. The van der Waals surface area contributed by atoms with Crippen LogP contribution >= 0.6 is 0 Å². The maximum absolute atomic E-state index is 13.0. The van der Waals surface area contributed by atoms with Gasteiger partial charge in [-0.1, -0.05) is 17.7 Å². The van der Waals surface area contributed by atoms with Gasteiger partial charge < -0.3 is 9.80 Å². The number of nitrogens with one attached hydrogen (secondary N) is 1. The van der Waals surface area contributed by atoms with Crippen molar-refractivity contribution in [1.82, 2.24) is 30.1 Å². The zero-order chi connectivity index (χ0) is 21.4. The second-order valence-electron chi connectivity index (χ2n) is 8.55. The van der Waals surface area contributed by atoms with E-state index in [9.17, 15) is 14.4 Å². The van der Waals surface area contributed by atoms with Crippen LogP contribution < -0.4 is 5.32 Å². The lowest BCUT2D eigenvalue weighted by Crippen LogP contribution is -2.52. The van der Waals surface area contributed by atoms with Gasteiger partial charge in [-0.3, -0.25) is 19.7 Å². The SMILES string of the molecule is O=C1CCC(N2Cc3ccc(-n4cc(CCN5CCCCC5)nn4)cc3C2=O)C(=O)N1. The van der Waals surface area contributed by atoms with Crippen molar-refractivity contribution in [2.75, 3.05) is 19.6 Å². The number of carbonyl (C=O) groups excluding carboxylic acids is 3. The second kappa shape index (κ2) is 8.22. The number of carbonyl (C=O) groups is 3. The fourth-order valence-corrected chi connectivity index (χ4v) is 4.68. The Bertz CT molecular complexity index is 1030. The number of amides is 3. The summed E-state index contributed by atoms with van der Waals surface area (Å²) in [6.07, 6.45) is 7.25. The molecule has 1 aromatic heterocycles. The number of hydrogen-bond acceptors (Lipinski definition) is 6. The minimum atomic E-state index is -0.603. The van der Waals surface area contributed by atoms with E-state index in [0.717, 1.165) is 43.0 Å². The van der Waals surface area contributed by atoms with Crippen LogP contribution in [0.2, 0.25) is 0 Å². The number of piperidine rings is 2. The van der Waals surface area contributed by atoms with E-state index in [0.29, 0.717) is 18.5 Å². The van der Waals surface area contributed by atoms with Crippen LogP contribution in [0.25, 0.3) is 5.69 Å². The summed E-state index contributed by atoms with van der Waals surface area (Å²) in [4.78, 5) is 40.7. The molecule has 5 rings (SSSR count). The highest BCUT2D eigenvalue weighted by Gasteiger charge is 2.39. The predicted molar refractivity (Wildman–Crippen MR) is 111 cm³/mol. The van der Waals surface area contributed by atoms with Gasteiger partial charge in [0.25, 0.3) is 5.91 Å². The summed E-state index contributed by atoms with van der Waals surface area (Å²) in [5, 5.41) is 10.9. The molecular weight excluding hydrogens is 396 g/mol. The van der Waals surface area contributed by atoms with E-state index in [4.69, 9.17) is 0 Å². The molecular formula is C22H26N6O3. The molecule has 1 atom stereocenters. The van der Waals surface area contributed by atoms with Crippen molar-refractivity contribution < 1.29 is 14.4 Å². The van der Waals surface area contributed by atoms with Crippen molar-refractivity contribution in [2.45, 2.75) is 51.1 Å². The molecule has 0 radical (unpaired) electrons. The number of nitrogens with zero attached hydrogens (tertiary/aromatic N) is 5. The molecule has 4 heterocycles. The fraction of sp³-hybridized carbons (Fsp3) is 0.500. The Morgan fingerprint density at radius 1 is 1.10 bits per heavy atom. The lowest BCUT2D eigenvalue weighted by Gasteiger charge is -2.29. The van der Waals surface area contributed by atoms with E-state index in [1.165, 1.54) is 19.3 Å². The molecule has 0 saturated carbocycles. The summed E-state index contributed by atoms with van der Waals surface area (Å²) >= 11 is 0. The number of fused-ring (bicyclic) bond motifs is 1. The summed E-state index contributed by atoms with van der Waals surface area (Å²) in [6.45, 7) is 3.68. The predicted octanol–water partition coefficient (Wildman–Crippen LogP) is 1.06. The normalized spacial score (nSPS) is 22.0. The first-order chi connectivity index (χ1) is 15.1. The van der Waals surface area contributed by atoms with Crippen LogP contribution in [0.4, 0.5) is 0 Å². The largest absolute Gasteiger partial charge is 0.322 e. The second-order valence-corrected chi connectivity index (χ2v) is 8.55. The fourth-order valence-electron chi connectivity index (χ4n) is 4.68. The quantitative estimate of drug-likeness (QED) is 0.723. The first kappa shape index (κ1) is 19.9. The summed E-state index contributed by atoms with van der Waals surface area (Å²) < 4.78 is 1.70. The molecule has 0 aliphatic carbocycles. The molecule has 0 bridgehead atoms. The first-order valence-electron chi connectivity index (χ1n) is 11.0. The van der Waals surface area contributed by atoms with Gasteiger partial charge in [0.05, 0.1) is 17.6 Å². The minimum Gasteiger partial charge on any atom is -0.322 e. The van der Waals surface area contributed by atoms with Gasteiger partial charge in [-0.2, -0.15) is 0 Å². The first-order valence-corrected chi connectivity index (χ1v) is 11.0. The highest BCUT2D eigenvalue weighted by molar-refractivity contribution is 6.05. The maximum atomic E-state index is 13.0. The van der Waals surface area contributed by atoms with Gasteiger partial charge in [0.2, 0.25) is 11.8 Å². The number of likely N-dealkylation sites (tertiary alicyclic amines) is 1. The highest BCUT2D eigenvalue weighted by atomic mass is 16.2. The molecule has 3 aliphatic rings. The van der Waals surface area contributed by atoms with Crippen molar-refractivity contribution >= 4 is 17.7 Å². The van der Waals surface area contributed by atoms with Gasteiger partial charge in [-0.25, -0.2) is 4.68 Å². The number of aromatic nitrogens is 3. The lowest BCUT2D eigenvalue weighted by molar-refractivity contribution is -0.136. The number of rotatable bonds is 5. The number of benzene rings is 1. The van der Waals surface area contributed by atoms with Gasteiger partial charge in [0.1, 0.15) is 6.04 Å². The Morgan fingerprint density at radius 3 is 2.74 bits per heavy atom. The van der Waals surface area contributed by atoms with Gasteiger partial charge in [-0.15, -0.1) is 5.10 Å². The van der Waals surface area contributed by atoms with Crippen molar-refractivity contribution in [2.24, 2.45) is 0 Å². The summed E-state index contributed by atoms with van der Waals surface area (Å²) in [5.41, 5.74) is 3.16. The summed E-state index contributed by atoms with van der Waals surface area (Å²) in [7, 11) is 0. The third-order valence-corrected chi connectivity index (χ3v) is 6.45. The van der Waals surface area contributed by atoms with Gasteiger partial charge >= 0.3 is 0 Å². The molecule has 9 nitrogen and oxygen atoms in total. The van der Waals surface area contributed by atoms with Gasteiger partial charge in [0.15, 0.2) is 0 Å². The molecule has 162 valence electrons. The molecule has 1 N–H and O–H groups in total. The average molecular weight is 422 g/mol. The van der Waals surface area contributed by atoms with Crippen LogP contribution in [-0.2, 0) is 22.6 Å². The highest BCUT2D eigenvalue weighted by Crippen LogP contribution is 2.29. The number of imide groups is 1. The van der Waals surface area contributed by atoms with Crippen molar-refractivity contribution in [3.63, 3.8) is 0 Å². The average Bonchev–Trinajstić information content (AvgIpc) is 3.38. The van der Waals surface area contributed by atoms with E-state index in [2.05, 4.69) is 20.5 Å². The molecule has 31 heavy (non-hydrogen) atoms. The van der Waals surface area contributed by atoms with E-state index in [1.54, 1.807) is 9.58 Å². The Labute approximate surface area is 180 Å². The van der Waals surface area contributed by atoms with Crippen LogP contribution in [0.1, 0.15) is 53.7 Å². The van der Waals surface area contributed by atoms with E-state index in [1.807, 2.05) is 24.4 Å². The topological polar surface area (TPSA) is 100 Å². The molecule has 3 aliphatic heterocycles. The molecule has 2 fully saturated rings. The molecule has 3 amide bonds. The van der Waals surface area contributed by atoms with Crippen molar-refractivity contribution in [3.05, 3.63) is 41.2 Å². The zero-order valence-corrected chi connectivity index (χ0v) is 17.4. The lowest BCUT2D eigenvalue weighted by atomic mass is 10.0. The van der Waals surface area contributed by atoms with Crippen LogP contribution in [0.5, 0.6) is 0 Å². The Hall–Kier alpha value is -3.07. The van der Waals surface area contributed by atoms with Gasteiger partial charge in [0, 0.05) is 31.5 Å². The van der Waals surface area contributed by atoms with Gasteiger partial charge in [-0.05, 0) is 50.0 Å². The van der Waals surface area contributed by atoms with Crippen molar-refractivity contribution in [1.29, 1.82) is 0 Å². The maximum Gasteiger partial charge on any atom is 0.255 e. The monoisotopic (exact) mass is 422 g/mol. The molecule has 9 heteroatoms. The molecule has 0 spiro atoms. The van der Waals surface area contributed by atoms with Crippen LogP contribution in [0, 0.1) is 0 Å². The van der Waals surface area contributed by atoms with E-state index < -0.39 is 11.9 Å². The molecule has 1 unspecified atom stereocenters. The third-order valence-electron chi connectivity index (χ3n) is 6.45. The van der Waals surface area contributed by atoms with Crippen LogP contribution in [-0.4, -0.2) is 68.2 Å². The third kappa shape index (κ3) is 3.97. The molecule has 2 saturated heterocycles. The Balaban J connectivity index is 1.28. The van der Waals surface area contributed by atoms with E-state index >= 15 is 0 Å². The summed E-state index contributed by atoms with van der Waals surface area (Å²) in [6, 6.07) is 5.04. The number of hydrogen-bond donors (Lipinski definition) is 1. The van der Waals surface area contributed by atoms with Crippen LogP contribution in [0.3, 0.4) is 0 Å². The molecule has 2 aromatic rings. The standard InChI is InChI=1S/C22H26N6O3/c29-20-7-6-19(21(30)23-20)27-13-15-4-5-17(12-18(15)22(27)31)28-14-16(24-25-28)8-11-26-9-2-1-3-10-26/h4-5,12,14,19H,1-3,6-11,13H2,(H,23,29,30). The smallest absolute Gasteiger partial charge is 0.255 e. The minimum absolute atomic E-state index is 0.184. The van der Waals surface area contributed by atoms with E-state index in [-0.39, 0.29) is 18.2 Å². The van der Waals surface area contributed by atoms with Crippen LogP contribution in [0.15, 0.2) is 24.4 Å². The Kier molecular flexibility index (Phi) is 5.27.